The van der Waals surface area contributed by atoms with Crippen molar-refractivity contribution in [2.24, 2.45) is 28.6 Å². The highest BCUT2D eigenvalue weighted by atomic mass is 32.1. The standard InChI is InChI=1S/C34H43N3O4S.C2H5N.CH5N.CH4S.H4N2/c1-6-37-30-16-15-25(29-21-42-31(36-29)14-10-8-7-9-11-18-38)19-27(30)28(20-34(3,4)22-41-23-39)33(37)26-13-12-17-35-32(26)24(2)40-5;1-2-3;3*1-2/h12-13,15-19,21,23-24H,6-11,14,20,22H2,1-5H3;2H,1,3H2;2H2,1H3;2H,1H3;1-2H2. The van der Waals surface area contributed by atoms with Crippen LogP contribution in [0.15, 0.2) is 54.7 Å². The normalized spacial score (nSPS) is 10.9. The average Bonchev–Trinajstić information content (AvgIpc) is 3.76. The zero-order chi connectivity index (χ0) is 38.8. The smallest absolute Gasteiger partial charge is 0.293 e. The number of nitrogens with zero attached hydrogens (tertiary/aromatic N) is 3. The first-order chi connectivity index (χ1) is 24.7. The Morgan fingerprint density at radius 2 is 1.76 bits per heavy atom. The van der Waals surface area contributed by atoms with Gasteiger partial charge >= 0.3 is 0 Å². The molecule has 3 heterocycles. The number of rotatable bonds is 17. The molecule has 0 radical (unpaired) electrons. The van der Waals surface area contributed by atoms with Crippen molar-refractivity contribution >= 4 is 47.6 Å². The summed E-state index contributed by atoms with van der Waals surface area (Å²) in [5.74, 6) is 8.00. The number of pyridine rings is 1. The van der Waals surface area contributed by atoms with Crippen molar-refractivity contribution in [2.45, 2.75) is 85.3 Å². The number of thiazole rings is 1. The van der Waals surface area contributed by atoms with E-state index in [9.17, 15) is 9.59 Å². The SMILES string of the molecule is C=CN.CCn1c(-c2cccnc2C(C)OC)c(CC(C)(C)COC=O)c2cc(-c3csc(CCCCCCC=O)n3)ccc21.CN.CS.NN. The van der Waals surface area contributed by atoms with E-state index in [1.807, 2.05) is 19.2 Å². The number of thiol groups is 1. The van der Waals surface area contributed by atoms with Gasteiger partial charge in [0.15, 0.2) is 0 Å². The number of hydrogen-bond acceptors (Lipinski definition) is 12. The highest BCUT2D eigenvalue weighted by molar-refractivity contribution is 7.79. The van der Waals surface area contributed by atoms with E-state index in [0.717, 1.165) is 83.7 Å². The Labute approximate surface area is 314 Å². The Morgan fingerprint density at radius 1 is 1.10 bits per heavy atom. The monoisotopic (exact) mass is 743 g/mol. The van der Waals surface area contributed by atoms with Crippen LogP contribution in [-0.4, -0.2) is 54.3 Å². The number of carbonyl (C=O) groups is 2. The largest absolute Gasteiger partial charge is 0.467 e. The van der Waals surface area contributed by atoms with Crippen LogP contribution in [0.5, 0.6) is 0 Å². The number of nitrogens with two attached hydrogens (primary N) is 4. The third-order valence-electron chi connectivity index (χ3n) is 7.82. The summed E-state index contributed by atoms with van der Waals surface area (Å²) in [6.07, 6.45) is 12.2. The van der Waals surface area contributed by atoms with Crippen LogP contribution in [0.1, 0.15) is 82.2 Å². The molecule has 0 amide bonds. The summed E-state index contributed by atoms with van der Waals surface area (Å²) in [5.41, 5.74) is 16.4. The predicted molar refractivity (Wildman–Crippen MR) is 218 cm³/mol. The van der Waals surface area contributed by atoms with Gasteiger partial charge in [-0.3, -0.25) is 21.5 Å². The molecule has 13 heteroatoms. The summed E-state index contributed by atoms with van der Waals surface area (Å²) in [5, 5.41) is 4.48. The van der Waals surface area contributed by atoms with Crippen LogP contribution >= 0.6 is 24.0 Å². The number of fused-ring (bicyclic) bond motifs is 1. The third-order valence-corrected chi connectivity index (χ3v) is 8.73. The van der Waals surface area contributed by atoms with Crippen molar-refractivity contribution in [1.82, 2.24) is 14.5 Å². The van der Waals surface area contributed by atoms with Crippen LogP contribution in [0.25, 0.3) is 33.4 Å². The van der Waals surface area contributed by atoms with Crippen LogP contribution in [-0.2, 0) is 38.4 Å². The van der Waals surface area contributed by atoms with E-state index >= 15 is 0 Å². The fraction of sp³-hybridized carbons (Fsp3) is 0.474. The summed E-state index contributed by atoms with van der Waals surface area (Å²) in [7, 11) is 3.21. The van der Waals surface area contributed by atoms with Crippen LogP contribution in [0.4, 0.5) is 0 Å². The van der Waals surface area contributed by atoms with Crippen LogP contribution < -0.4 is 23.2 Å². The summed E-state index contributed by atoms with van der Waals surface area (Å²) in [6, 6.07) is 10.8. The molecule has 0 saturated heterocycles. The summed E-state index contributed by atoms with van der Waals surface area (Å²) < 4.78 is 13.3. The second-order valence-corrected chi connectivity index (χ2v) is 12.8. The summed E-state index contributed by atoms with van der Waals surface area (Å²) in [6.45, 7) is 13.2. The average molecular weight is 744 g/mol. The van der Waals surface area contributed by atoms with E-state index < -0.39 is 0 Å². The highest BCUT2D eigenvalue weighted by Gasteiger charge is 2.28. The quantitative estimate of drug-likeness (QED) is 0.0247. The lowest BCUT2D eigenvalue weighted by Gasteiger charge is -2.25. The number of ether oxygens (including phenoxy) is 2. The van der Waals surface area contributed by atoms with E-state index in [1.165, 1.54) is 24.2 Å². The van der Waals surface area contributed by atoms with Crippen molar-refractivity contribution in [2.75, 3.05) is 27.0 Å². The first-order valence-electron chi connectivity index (χ1n) is 17.0. The van der Waals surface area contributed by atoms with Gasteiger partial charge in [-0.15, -0.1) is 11.3 Å². The van der Waals surface area contributed by atoms with Crippen LogP contribution in [0.2, 0.25) is 0 Å². The van der Waals surface area contributed by atoms with Crippen molar-refractivity contribution in [3.05, 3.63) is 71.0 Å². The first-order valence-corrected chi connectivity index (χ1v) is 18.8. The van der Waals surface area contributed by atoms with E-state index in [2.05, 4.69) is 97.3 Å². The highest BCUT2D eigenvalue weighted by Crippen LogP contribution is 2.41. The molecule has 0 saturated carbocycles. The van der Waals surface area contributed by atoms with Gasteiger partial charge in [0.05, 0.1) is 34.8 Å². The number of hydrazine groups is 1. The zero-order valence-electron chi connectivity index (χ0n) is 31.6. The number of hydrogen-bond donors (Lipinski definition) is 5. The van der Waals surface area contributed by atoms with Crippen molar-refractivity contribution in [3.63, 3.8) is 0 Å². The minimum Gasteiger partial charge on any atom is -0.467 e. The number of aryl methyl sites for hydroxylation is 2. The molecule has 11 nitrogen and oxygen atoms in total. The van der Waals surface area contributed by atoms with Gasteiger partial charge in [-0.1, -0.05) is 39.3 Å². The fourth-order valence-corrected chi connectivity index (χ4v) is 6.51. The lowest BCUT2D eigenvalue weighted by Crippen LogP contribution is -2.22. The predicted octanol–water partition coefficient (Wildman–Crippen LogP) is 7.02. The number of aldehydes is 1. The molecule has 284 valence electrons. The molecular formula is C38H61N7O4S2. The van der Waals surface area contributed by atoms with Gasteiger partial charge < -0.3 is 30.3 Å². The first kappa shape index (κ1) is 47.4. The van der Waals surface area contributed by atoms with Crippen LogP contribution in [0, 0.1) is 5.41 Å². The van der Waals surface area contributed by atoms with Gasteiger partial charge in [-0.05, 0) is 88.9 Å². The Morgan fingerprint density at radius 3 is 2.37 bits per heavy atom. The van der Waals surface area contributed by atoms with E-state index in [4.69, 9.17) is 19.4 Å². The van der Waals surface area contributed by atoms with Gasteiger partial charge in [-0.2, -0.15) is 12.6 Å². The Kier molecular flexibility index (Phi) is 25.2. The molecule has 0 aliphatic carbocycles. The van der Waals surface area contributed by atoms with Gasteiger partial charge in [0, 0.05) is 59.1 Å². The number of methoxy groups -OCH3 is 1. The molecule has 1 atom stereocenters. The maximum atomic E-state index is 11.1. The second-order valence-electron chi connectivity index (χ2n) is 11.8. The molecule has 4 aromatic rings. The molecule has 51 heavy (non-hydrogen) atoms. The van der Waals surface area contributed by atoms with E-state index in [-0.39, 0.29) is 11.5 Å². The Balaban J connectivity index is 0.00000255. The van der Waals surface area contributed by atoms with Gasteiger partial charge in [0.1, 0.15) is 6.29 Å². The minimum atomic E-state index is -0.284. The number of aromatic nitrogens is 3. The Hall–Kier alpha value is -3.59. The number of unbranched alkanes of at least 4 members (excludes halogenated alkanes) is 4. The lowest BCUT2D eigenvalue weighted by atomic mass is 9.84. The maximum Gasteiger partial charge on any atom is 0.293 e. The van der Waals surface area contributed by atoms with E-state index in [0.29, 0.717) is 25.9 Å². The molecule has 3 aromatic heterocycles. The topological polar surface area (TPSA) is 187 Å². The van der Waals surface area contributed by atoms with Crippen molar-refractivity contribution < 1.29 is 19.1 Å². The van der Waals surface area contributed by atoms with Crippen LogP contribution in [0.3, 0.4) is 0 Å². The molecule has 0 aliphatic heterocycles. The second kappa shape index (κ2) is 27.1. The molecule has 0 aliphatic rings. The van der Waals surface area contributed by atoms with Gasteiger partial charge in [0.2, 0.25) is 0 Å². The van der Waals surface area contributed by atoms with Gasteiger partial charge in [0.25, 0.3) is 6.47 Å². The minimum absolute atomic E-state index is 0.169. The van der Waals surface area contributed by atoms with Crippen molar-refractivity contribution in [1.29, 1.82) is 0 Å². The molecule has 0 spiro atoms. The molecular weight excluding hydrogens is 683 g/mol. The molecule has 0 fully saturated rings. The zero-order valence-corrected chi connectivity index (χ0v) is 33.3. The molecule has 4 rings (SSSR count). The summed E-state index contributed by atoms with van der Waals surface area (Å²) in [4.78, 5) is 31.3. The number of carbonyl (C=O) groups excluding carboxylic acids is 2. The maximum absolute atomic E-state index is 11.1. The fourth-order valence-electron chi connectivity index (χ4n) is 5.66. The molecule has 8 N–H and O–H groups in total. The summed E-state index contributed by atoms with van der Waals surface area (Å²) >= 11 is 5.24. The molecule has 1 unspecified atom stereocenters. The lowest BCUT2D eigenvalue weighted by molar-refractivity contribution is -0.131. The number of benzene rings is 1. The third kappa shape index (κ3) is 14.5. The molecule has 1 aromatic carbocycles. The van der Waals surface area contributed by atoms with E-state index in [1.54, 1.807) is 24.7 Å². The van der Waals surface area contributed by atoms with Gasteiger partial charge in [-0.25, -0.2) is 4.98 Å². The molecule has 0 bridgehead atoms. The Bertz CT molecular complexity index is 1560. The van der Waals surface area contributed by atoms with Crippen molar-refractivity contribution in [3.8, 4) is 22.5 Å².